The van der Waals surface area contributed by atoms with Crippen LogP contribution in [0, 0.1) is 13.8 Å². The number of hydrogen-bond donors (Lipinski definition) is 2. The molecule has 108 valence electrons. The molecule has 1 aromatic carbocycles. The van der Waals surface area contributed by atoms with Crippen LogP contribution >= 0.6 is 0 Å². The maximum Gasteiger partial charge on any atom is 0.242 e. The molecule has 0 spiro atoms. The maximum absolute atomic E-state index is 12.2. The molecule has 0 radical (unpaired) electrons. The molecule has 0 fully saturated rings. The molecule has 0 amide bonds. The lowest BCUT2D eigenvalue weighted by atomic mass is 10.1. The van der Waals surface area contributed by atoms with Crippen molar-refractivity contribution in [2.75, 3.05) is 12.3 Å². The average molecular weight is 294 g/mol. The Bertz CT molecular complexity index is 693. The van der Waals surface area contributed by atoms with Gasteiger partial charge in [0.25, 0.3) is 0 Å². The van der Waals surface area contributed by atoms with Crippen LogP contribution in [0.2, 0.25) is 0 Å². The zero-order valence-corrected chi connectivity index (χ0v) is 12.3. The summed E-state index contributed by atoms with van der Waals surface area (Å²) in [6.45, 7) is 4.56. The SMILES string of the molecule is Cc1cc(N)c(S(=O)(=O)NCCn2ccnc2)cc1C. The highest BCUT2D eigenvalue weighted by Gasteiger charge is 2.17. The van der Waals surface area contributed by atoms with Crippen LogP contribution in [0.3, 0.4) is 0 Å². The second-order valence-corrected chi connectivity index (χ2v) is 6.41. The number of imidazole rings is 1. The first-order valence-electron chi connectivity index (χ1n) is 6.22. The topological polar surface area (TPSA) is 90.0 Å². The van der Waals surface area contributed by atoms with Crippen LogP contribution in [0.4, 0.5) is 5.69 Å². The molecule has 0 aliphatic rings. The molecule has 1 heterocycles. The van der Waals surface area contributed by atoms with Crippen molar-refractivity contribution >= 4 is 15.7 Å². The summed E-state index contributed by atoms with van der Waals surface area (Å²) in [6, 6.07) is 3.28. The average Bonchev–Trinajstić information content (AvgIpc) is 2.86. The van der Waals surface area contributed by atoms with Crippen LogP contribution in [-0.2, 0) is 16.6 Å². The van der Waals surface area contributed by atoms with Crippen LogP contribution in [0.1, 0.15) is 11.1 Å². The van der Waals surface area contributed by atoms with Gasteiger partial charge in [0.05, 0.1) is 12.0 Å². The lowest BCUT2D eigenvalue weighted by Gasteiger charge is -2.11. The van der Waals surface area contributed by atoms with Gasteiger partial charge in [0.15, 0.2) is 0 Å². The molecule has 0 aliphatic carbocycles. The van der Waals surface area contributed by atoms with Crippen molar-refractivity contribution in [1.82, 2.24) is 14.3 Å². The lowest BCUT2D eigenvalue weighted by Crippen LogP contribution is -2.28. The Kier molecular flexibility index (Phi) is 4.10. The van der Waals surface area contributed by atoms with Gasteiger partial charge in [0, 0.05) is 25.5 Å². The minimum absolute atomic E-state index is 0.131. The van der Waals surface area contributed by atoms with Crippen LogP contribution in [-0.4, -0.2) is 24.5 Å². The molecule has 0 saturated carbocycles. The van der Waals surface area contributed by atoms with Crippen LogP contribution < -0.4 is 10.5 Å². The van der Waals surface area contributed by atoms with E-state index in [1.807, 2.05) is 13.8 Å². The van der Waals surface area contributed by atoms with E-state index in [4.69, 9.17) is 5.73 Å². The van der Waals surface area contributed by atoms with Crippen molar-refractivity contribution < 1.29 is 8.42 Å². The van der Waals surface area contributed by atoms with E-state index in [9.17, 15) is 8.42 Å². The number of sulfonamides is 1. The smallest absolute Gasteiger partial charge is 0.242 e. The minimum Gasteiger partial charge on any atom is -0.398 e. The van der Waals surface area contributed by atoms with Gasteiger partial charge in [0.1, 0.15) is 4.90 Å². The molecule has 0 atom stereocenters. The zero-order chi connectivity index (χ0) is 14.8. The van der Waals surface area contributed by atoms with Gasteiger partial charge >= 0.3 is 0 Å². The van der Waals surface area contributed by atoms with Gasteiger partial charge in [0.2, 0.25) is 10.0 Å². The number of aryl methyl sites for hydroxylation is 2. The van der Waals surface area contributed by atoms with Crippen LogP contribution in [0.25, 0.3) is 0 Å². The van der Waals surface area contributed by atoms with Crippen LogP contribution in [0.5, 0.6) is 0 Å². The summed E-state index contributed by atoms with van der Waals surface area (Å²) in [5.41, 5.74) is 7.94. The third-order valence-corrected chi connectivity index (χ3v) is 4.65. The van der Waals surface area contributed by atoms with E-state index in [0.717, 1.165) is 11.1 Å². The number of anilines is 1. The first-order chi connectivity index (χ1) is 9.40. The Labute approximate surface area is 118 Å². The van der Waals surface area contributed by atoms with E-state index < -0.39 is 10.0 Å². The second kappa shape index (κ2) is 5.64. The van der Waals surface area contributed by atoms with Gasteiger partial charge < -0.3 is 10.3 Å². The van der Waals surface area contributed by atoms with Crippen molar-refractivity contribution in [3.05, 3.63) is 42.0 Å². The van der Waals surface area contributed by atoms with Gasteiger partial charge in [-0.15, -0.1) is 0 Å². The number of nitrogens with one attached hydrogen (secondary N) is 1. The van der Waals surface area contributed by atoms with Crippen molar-refractivity contribution in [2.24, 2.45) is 0 Å². The number of benzene rings is 1. The monoisotopic (exact) mass is 294 g/mol. The van der Waals surface area contributed by atoms with E-state index in [0.29, 0.717) is 6.54 Å². The van der Waals surface area contributed by atoms with Crippen molar-refractivity contribution in [1.29, 1.82) is 0 Å². The van der Waals surface area contributed by atoms with E-state index in [-0.39, 0.29) is 17.1 Å². The Balaban J connectivity index is 2.12. The fourth-order valence-corrected chi connectivity index (χ4v) is 3.07. The Hall–Kier alpha value is -1.86. The third kappa shape index (κ3) is 3.17. The number of nitrogen functional groups attached to an aromatic ring is 1. The predicted molar refractivity (Wildman–Crippen MR) is 77.7 cm³/mol. The largest absolute Gasteiger partial charge is 0.398 e. The summed E-state index contributed by atoms with van der Waals surface area (Å²) >= 11 is 0. The first kappa shape index (κ1) is 14.5. The molecular weight excluding hydrogens is 276 g/mol. The summed E-state index contributed by atoms with van der Waals surface area (Å²) in [5, 5.41) is 0. The van der Waals surface area contributed by atoms with Crippen molar-refractivity contribution in [2.45, 2.75) is 25.3 Å². The zero-order valence-electron chi connectivity index (χ0n) is 11.5. The first-order valence-corrected chi connectivity index (χ1v) is 7.70. The molecule has 2 rings (SSSR count). The number of aromatic nitrogens is 2. The molecule has 3 N–H and O–H groups in total. The van der Waals surface area contributed by atoms with E-state index in [2.05, 4.69) is 9.71 Å². The number of hydrogen-bond acceptors (Lipinski definition) is 4. The van der Waals surface area contributed by atoms with Gasteiger partial charge in [-0.2, -0.15) is 0 Å². The second-order valence-electron chi connectivity index (χ2n) is 4.67. The summed E-state index contributed by atoms with van der Waals surface area (Å²) in [4.78, 5) is 4.03. The highest BCUT2D eigenvalue weighted by Crippen LogP contribution is 2.22. The maximum atomic E-state index is 12.2. The van der Waals surface area contributed by atoms with E-state index in [1.54, 1.807) is 35.4 Å². The number of rotatable bonds is 5. The lowest BCUT2D eigenvalue weighted by molar-refractivity contribution is 0.573. The molecular formula is C13H18N4O2S. The molecule has 0 saturated heterocycles. The minimum atomic E-state index is -3.59. The molecule has 0 aliphatic heterocycles. The Morgan fingerprint density at radius 1 is 1.30 bits per heavy atom. The molecule has 6 nitrogen and oxygen atoms in total. The van der Waals surface area contributed by atoms with Gasteiger partial charge in [-0.3, -0.25) is 0 Å². The Morgan fingerprint density at radius 2 is 2.00 bits per heavy atom. The van der Waals surface area contributed by atoms with E-state index in [1.165, 1.54) is 0 Å². The Morgan fingerprint density at radius 3 is 2.65 bits per heavy atom. The fourth-order valence-electron chi connectivity index (χ4n) is 1.85. The number of nitrogens with zero attached hydrogens (tertiary/aromatic N) is 2. The summed E-state index contributed by atoms with van der Waals surface area (Å²) in [6.07, 6.45) is 5.06. The normalized spacial score (nSPS) is 11.7. The highest BCUT2D eigenvalue weighted by molar-refractivity contribution is 7.89. The van der Waals surface area contributed by atoms with Gasteiger partial charge in [-0.1, -0.05) is 0 Å². The van der Waals surface area contributed by atoms with E-state index >= 15 is 0 Å². The van der Waals surface area contributed by atoms with Crippen molar-refractivity contribution in [3.63, 3.8) is 0 Å². The highest BCUT2D eigenvalue weighted by atomic mass is 32.2. The van der Waals surface area contributed by atoms with Crippen LogP contribution in [0.15, 0.2) is 35.7 Å². The molecule has 7 heteroatoms. The standard InChI is InChI=1S/C13H18N4O2S/c1-10-7-12(14)13(8-11(10)2)20(18,19)16-4-6-17-5-3-15-9-17/h3,5,7-9,16H,4,6,14H2,1-2H3. The number of nitrogens with two attached hydrogens (primary N) is 1. The molecule has 0 unspecified atom stereocenters. The van der Waals surface area contributed by atoms with Crippen molar-refractivity contribution in [3.8, 4) is 0 Å². The van der Waals surface area contributed by atoms with Gasteiger partial charge in [-0.05, 0) is 37.1 Å². The quantitative estimate of drug-likeness (QED) is 0.807. The molecule has 1 aromatic heterocycles. The summed E-state index contributed by atoms with van der Waals surface area (Å²) in [5.74, 6) is 0. The molecule has 0 bridgehead atoms. The third-order valence-electron chi connectivity index (χ3n) is 3.14. The summed E-state index contributed by atoms with van der Waals surface area (Å²) < 4.78 is 28.8. The summed E-state index contributed by atoms with van der Waals surface area (Å²) in [7, 11) is -3.59. The van der Waals surface area contributed by atoms with Gasteiger partial charge in [-0.25, -0.2) is 18.1 Å². The molecule has 2 aromatic rings. The molecule has 20 heavy (non-hydrogen) atoms. The predicted octanol–water partition coefficient (Wildman–Crippen LogP) is 1.06. The fraction of sp³-hybridized carbons (Fsp3) is 0.308.